The van der Waals surface area contributed by atoms with Crippen molar-refractivity contribution < 1.29 is 9.53 Å². The lowest BCUT2D eigenvalue weighted by Gasteiger charge is -2.30. The SMILES string of the molecule is C=CC(C)(CC1CC2CCC1C2)C(=O)OCC. The zero-order chi connectivity index (χ0) is 12.5. The standard InChI is InChI=1S/C15H24O2/c1-4-15(3,14(16)17-5-2)10-13-9-11-6-7-12(13)8-11/h4,11-13H,1,5-10H2,2-3H3. The second-order valence-corrected chi connectivity index (χ2v) is 5.98. The number of esters is 1. The van der Waals surface area contributed by atoms with E-state index in [1.165, 1.54) is 25.7 Å². The Morgan fingerprint density at radius 3 is 2.71 bits per heavy atom. The molecule has 0 amide bonds. The highest BCUT2D eigenvalue weighted by molar-refractivity contribution is 5.78. The summed E-state index contributed by atoms with van der Waals surface area (Å²) in [5.41, 5.74) is -0.481. The van der Waals surface area contributed by atoms with Gasteiger partial charge < -0.3 is 4.74 Å². The zero-order valence-corrected chi connectivity index (χ0v) is 11.1. The molecule has 2 aliphatic carbocycles. The predicted molar refractivity (Wildman–Crippen MR) is 68.5 cm³/mol. The van der Waals surface area contributed by atoms with Gasteiger partial charge in [-0.2, -0.15) is 0 Å². The summed E-state index contributed by atoms with van der Waals surface area (Å²) in [7, 11) is 0. The minimum absolute atomic E-state index is 0.0993. The van der Waals surface area contributed by atoms with Crippen molar-refractivity contribution >= 4 is 5.97 Å². The lowest BCUT2D eigenvalue weighted by Crippen LogP contribution is -2.31. The molecule has 0 aromatic heterocycles. The van der Waals surface area contributed by atoms with Crippen LogP contribution in [0.15, 0.2) is 12.7 Å². The minimum atomic E-state index is -0.481. The zero-order valence-electron chi connectivity index (χ0n) is 11.1. The third-order valence-corrected chi connectivity index (χ3v) is 4.76. The van der Waals surface area contributed by atoms with Crippen molar-refractivity contribution in [2.45, 2.75) is 46.0 Å². The van der Waals surface area contributed by atoms with Crippen molar-refractivity contribution in [1.29, 1.82) is 0 Å². The maximum atomic E-state index is 12.0. The van der Waals surface area contributed by atoms with Crippen LogP contribution in [-0.4, -0.2) is 12.6 Å². The van der Waals surface area contributed by atoms with E-state index < -0.39 is 5.41 Å². The largest absolute Gasteiger partial charge is 0.465 e. The van der Waals surface area contributed by atoms with Crippen LogP contribution in [0.2, 0.25) is 0 Å². The van der Waals surface area contributed by atoms with Crippen LogP contribution >= 0.6 is 0 Å². The van der Waals surface area contributed by atoms with Gasteiger partial charge in [-0.1, -0.05) is 12.5 Å². The van der Waals surface area contributed by atoms with Gasteiger partial charge in [-0.25, -0.2) is 0 Å². The van der Waals surface area contributed by atoms with Gasteiger partial charge in [0.05, 0.1) is 12.0 Å². The van der Waals surface area contributed by atoms with Crippen LogP contribution in [0.4, 0.5) is 0 Å². The molecule has 0 aliphatic heterocycles. The third-order valence-electron chi connectivity index (χ3n) is 4.76. The van der Waals surface area contributed by atoms with E-state index in [9.17, 15) is 4.79 Å². The Bertz CT molecular complexity index is 310. The molecule has 0 saturated heterocycles. The number of hydrogen-bond acceptors (Lipinski definition) is 2. The summed E-state index contributed by atoms with van der Waals surface area (Å²) in [5.74, 6) is 2.40. The lowest BCUT2D eigenvalue weighted by molar-refractivity contribution is -0.152. The molecule has 2 heteroatoms. The number of hydrogen-bond donors (Lipinski definition) is 0. The van der Waals surface area contributed by atoms with E-state index in [4.69, 9.17) is 4.74 Å². The number of fused-ring (bicyclic) bond motifs is 2. The highest BCUT2D eigenvalue weighted by atomic mass is 16.5. The molecule has 0 radical (unpaired) electrons. The number of ether oxygens (including phenoxy) is 1. The fourth-order valence-corrected chi connectivity index (χ4v) is 3.72. The van der Waals surface area contributed by atoms with E-state index in [2.05, 4.69) is 6.58 Å². The van der Waals surface area contributed by atoms with Gasteiger partial charge >= 0.3 is 5.97 Å². The molecule has 96 valence electrons. The summed E-state index contributed by atoms with van der Waals surface area (Å²) in [6, 6.07) is 0. The highest BCUT2D eigenvalue weighted by Gasteiger charge is 2.44. The van der Waals surface area contributed by atoms with Crippen LogP contribution in [0.3, 0.4) is 0 Å². The van der Waals surface area contributed by atoms with Gasteiger partial charge in [0.2, 0.25) is 0 Å². The van der Waals surface area contributed by atoms with Crippen LogP contribution in [0.5, 0.6) is 0 Å². The molecule has 2 nitrogen and oxygen atoms in total. The Morgan fingerprint density at radius 2 is 2.24 bits per heavy atom. The van der Waals surface area contributed by atoms with Gasteiger partial charge in [0, 0.05) is 0 Å². The van der Waals surface area contributed by atoms with E-state index in [1.54, 1.807) is 6.08 Å². The molecule has 2 fully saturated rings. The van der Waals surface area contributed by atoms with Crippen molar-refractivity contribution in [3.05, 3.63) is 12.7 Å². The molecule has 2 aliphatic rings. The summed E-state index contributed by atoms with van der Waals surface area (Å²) >= 11 is 0. The van der Waals surface area contributed by atoms with Crippen molar-refractivity contribution in [2.24, 2.45) is 23.2 Å². The normalized spacial score (nSPS) is 34.4. The molecule has 17 heavy (non-hydrogen) atoms. The number of rotatable bonds is 5. The Morgan fingerprint density at radius 1 is 1.47 bits per heavy atom. The summed E-state index contributed by atoms with van der Waals surface area (Å²) in [6.07, 6.45) is 8.19. The van der Waals surface area contributed by atoms with Gasteiger partial charge in [0.25, 0.3) is 0 Å². The second-order valence-electron chi connectivity index (χ2n) is 5.98. The monoisotopic (exact) mass is 236 g/mol. The molecule has 0 aromatic carbocycles. The first-order chi connectivity index (χ1) is 8.09. The quantitative estimate of drug-likeness (QED) is 0.539. The van der Waals surface area contributed by atoms with Crippen LogP contribution in [-0.2, 0) is 9.53 Å². The summed E-state index contributed by atoms with van der Waals surface area (Å²) < 4.78 is 5.18. The van der Waals surface area contributed by atoms with E-state index in [1.807, 2.05) is 13.8 Å². The van der Waals surface area contributed by atoms with E-state index in [-0.39, 0.29) is 5.97 Å². The van der Waals surface area contributed by atoms with Gasteiger partial charge in [-0.15, -0.1) is 6.58 Å². The summed E-state index contributed by atoms with van der Waals surface area (Å²) in [6.45, 7) is 8.13. The van der Waals surface area contributed by atoms with Gasteiger partial charge in [-0.3, -0.25) is 4.79 Å². The molecule has 2 bridgehead atoms. The first-order valence-electron chi connectivity index (χ1n) is 6.90. The Kier molecular flexibility index (Phi) is 3.60. The van der Waals surface area contributed by atoms with E-state index in [0.29, 0.717) is 12.5 Å². The van der Waals surface area contributed by atoms with Gasteiger partial charge in [0.15, 0.2) is 0 Å². The van der Waals surface area contributed by atoms with Crippen LogP contribution in [0.25, 0.3) is 0 Å². The van der Waals surface area contributed by atoms with Crippen molar-refractivity contribution in [2.75, 3.05) is 6.61 Å². The Balaban J connectivity index is 1.99. The van der Waals surface area contributed by atoms with Crippen LogP contribution < -0.4 is 0 Å². The Hall–Kier alpha value is -0.790. The maximum absolute atomic E-state index is 12.0. The smallest absolute Gasteiger partial charge is 0.315 e. The molecule has 0 spiro atoms. The minimum Gasteiger partial charge on any atom is -0.465 e. The Labute approximate surface area is 104 Å². The average molecular weight is 236 g/mol. The van der Waals surface area contributed by atoms with Crippen LogP contribution in [0, 0.1) is 23.2 Å². The average Bonchev–Trinajstić information content (AvgIpc) is 2.91. The molecule has 4 atom stereocenters. The van der Waals surface area contributed by atoms with Crippen molar-refractivity contribution in [3.63, 3.8) is 0 Å². The van der Waals surface area contributed by atoms with Crippen molar-refractivity contribution in [3.8, 4) is 0 Å². The molecule has 0 heterocycles. The molecule has 0 aromatic rings. The molecule has 2 rings (SSSR count). The fraction of sp³-hybridized carbons (Fsp3) is 0.800. The number of carbonyl (C=O) groups is 1. The lowest BCUT2D eigenvalue weighted by atomic mass is 9.75. The maximum Gasteiger partial charge on any atom is 0.315 e. The summed E-state index contributed by atoms with van der Waals surface area (Å²) in [5, 5.41) is 0. The summed E-state index contributed by atoms with van der Waals surface area (Å²) in [4.78, 5) is 12.0. The third kappa shape index (κ3) is 2.41. The second kappa shape index (κ2) is 4.83. The number of carbonyl (C=O) groups excluding carboxylic acids is 1. The predicted octanol–water partition coefficient (Wildman–Crippen LogP) is 3.57. The van der Waals surface area contributed by atoms with E-state index >= 15 is 0 Å². The van der Waals surface area contributed by atoms with Crippen LogP contribution in [0.1, 0.15) is 46.0 Å². The first kappa shape index (κ1) is 12.7. The molecular weight excluding hydrogens is 212 g/mol. The van der Waals surface area contributed by atoms with Gasteiger partial charge in [-0.05, 0) is 57.3 Å². The van der Waals surface area contributed by atoms with E-state index in [0.717, 1.165) is 18.3 Å². The molecular formula is C15H24O2. The topological polar surface area (TPSA) is 26.3 Å². The van der Waals surface area contributed by atoms with Gasteiger partial charge in [0.1, 0.15) is 0 Å². The molecule has 0 N–H and O–H groups in total. The fourth-order valence-electron chi connectivity index (χ4n) is 3.72. The molecule has 2 saturated carbocycles. The first-order valence-corrected chi connectivity index (χ1v) is 6.90. The highest BCUT2D eigenvalue weighted by Crippen LogP contribution is 2.52. The molecule has 4 unspecified atom stereocenters. The van der Waals surface area contributed by atoms with Crippen molar-refractivity contribution in [1.82, 2.24) is 0 Å².